The number of nitro benzene ring substituents is 3. The maximum absolute atomic E-state index is 13.0. The number of nitrogens with one attached hydrogen (secondary N) is 2. The van der Waals surface area contributed by atoms with E-state index in [1.807, 2.05) is 23.3 Å². The molecule has 10 N–H and O–H groups in total. The van der Waals surface area contributed by atoms with Crippen molar-refractivity contribution in [3.05, 3.63) is 165 Å². The van der Waals surface area contributed by atoms with Crippen LogP contribution in [0.5, 0.6) is 0 Å². The number of aliphatic hydroxyl groups is 4. The highest BCUT2D eigenvalue weighted by atomic mass is 28.4. The normalized spacial score (nSPS) is 20.8. The summed E-state index contributed by atoms with van der Waals surface area (Å²) >= 11 is 0. The van der Waals surface area contributed by atoms with Gasteiger partial charge in [-0.2, -0.15) is 8.78 Å². The van der Waals surface area contributed by atoms with Crippen LogP contribution in [0.3, 0.4) is 0 Å². The second kappa shape index (κ2) is 56.6. The van der Waals surface area contributed by atoms with Crippen LogP contribution in [-0.4, -0.2) is 278 Å². The van der Waals surface area contributed by atoms with Gasteiger partial charge < -0.3 is 73.7 Å². The summed E-state index contributed by atoms with van der Waals surface area (Å²) in [5.41, 5.74) is 13.8. The van der Waals surface area contributed by atoms with Gasteiger partial charge >= 0.3 is 11.4 Å². The second-order valence-corrected chi connectivity index (χ2v) is 78.0. The molecule has 0 radical (unpaired) electrons. The number of anilines is 3. The predicted octanol–water partition coefficient (Wildman–Crippen LogP) is 22.8. The maximum atomic E-state index is 13.0. The Labute approximate surface area is 890 Å². The number of benzene rings is 4. The molecule has 3 aromatic heterocycles. The number of β-amino-alcohol motifs (C(OH)–C–C–N with tert-alkyl or cyclic N) is 1. The van der Waals surface area contributed by atoms with E-state index < -0.39 is 112 Å². The third-order valence-electron chi connectivity index (χ3n) is 31.9. The average Bonchev–Trinajstić information content (AvgIpc) is 0.869. The topological polar surface area (TPSA) is 431 Å². The van der Waals surface area contributed by atoms with E-state index in [9.17, 15) is 59.5 Å². The van der Waals surface area contributed by atoms with E-state index >= 15 is 0 Å². The fourth-order valence-electron chi connectivity index (χ4n) is 16.2. The van der Waals surface area contributed by atoms with Crippen molar-refractivity contribution in [1.82, 2.24) is 53.8 Å². The summed E-state index contributed by atoms with van der Waals surface area (Å²) in [5, 5.41) is 93.2. The molecule has 0 saturated carbocycles. The van der Waals surface area contributed by atoms with E-state index in [1.54, 1.807) is 21.6 Å². The number of halogens is 2. The first-order valence-electron chi connectivity index (χ1n) is 52.7. The minimum Gasteiger partial charge on any atom is -0.415 e. The molecule has 6 heterocycles. The van der Waals surface area contributed by atoms with Gasteiger partial charge in [0.15, 0.2) is 49.9 Å². The Balaban J connectivity index is 0.000000350. The molecule has 10 rings (SSSR count). The summed E-state index contributed by atoms with van der Waals surface area (Å²) in [5.74, 6) is -0.949. The van der Waals surface area contributed by atoms with Crippen LogP contribution in [0, 0.1) is 53.8 Å². The number of nitrogen functional groups attached to an aromatic ring is 1. The Kier molecular flexibility index (Phi) is 50.1. The van der Waals surface area contributed by atoms with Crippen LogP contribution in [0.25, 0.3) is 17.1 Å². The quantitative estimate of drug-likeness (QED) is 0.00578. The van der Waals surface area contributed by atoms with Crippen LogP contribution in [0.1, 0.15) is 223 Å². The van der Waals surface area contributed by atoms with Gasteiger partial charge in [-0.15, -0.1) is 20.4 Å². The Hall–Kier alpha value is -7.43. The molecule has 3 fully saturated rings. The molecule has 0 bridgehead atoms. The molecule has 4 aromatic carbocycles. The van der Waals surface area contributed by atoms with Crippen molar-refractivity contribution in [3.8, 4) is 17.1 Å². The molecule has 3 saturated heterocycles. The van der Waals surface area contributed by atoms with Crippen molar-refractivity contribution in [2.24, 2.45) is 17.6 Å². The lowest BCUT2D eigenvalue weighted by atomic mass is 9.88. The van der Waals surface area contributed by atoms with Crippen LogP contribution in [-0.2, 0) is 26.6 Å². The zero-order chi connectivity index (χ0) is 111. The average molecular weight is 2180 g/mol. The smallest absolute Gasteiger partial charge is 0.306 e. The number of unbranched alkanes of at least 4 members (excludes halogenated alkanes) is 9. The first-order valence-corrected chi connectivity index (χ1v) is 70.1. The maximum Gasteiger partial charge on any atom is 0.306 e. The van der Waals surface area contributed by atoms with Crippen molar-refractivity contribution in [1.29, 1.82) is 0 Å². The van der Waals surface area contributed by atoms with Gasteiger partial charge in [-0.25, -0.2) is 4.98 Å². The van der Waals surface area contributed by atoms with Crippen molar-refractivity contribution in [3.63, 3.8) is 0 Å². The lowest BCUT2D eigenvalue weighted by Gasteiger charge is -2.54. The number of piperidine rings is 3. The molecule has 34 nitrogen and oxygen atoms in total. The van der Waals surface area contributed by atoms with Crippen LogP contribution in [0.4, 0.5) is 42.9 Å². The number of likely N-dealkylation sites (tertiary alicyclic amines) is 3. The summed E-state index contributed by atoms with van der Waals surface area (Å²) < 4.78 is 74.3. The largest absolute Gasteiger partial charge is 0.415 e. The Morgan fingerprint density at radius 2 is 0.764 bits per heavy atom. The highest BCUT2D eigenvalue weighted by molar-refractivity contribution is 6.76. The van der Waals surface area contributed by atoms with Crippen molar-refractivity contribution >= 4 is 84.0 Å². The highest BCUT2D eigenvalue weighted by Crippen LogP contribution is 2.49. The lowest BCUT2D eigenvalue weighted by molar-refractivity contribution is -0.387. The van der Waals surface area contributed by atoms with Gasteiger partial charge in [0.1, 0.15) is 43.2 Å². The van der Waals surface area contributed by atoms with E-state index in [2.05, 4.69) is 287 Å². The van der Waals surface area contributed by atoms with Crippen LogP contribution < -0.4 is 22.1 Å². The standard InChI is InChI=1S/C40H76N4O3Si3.C31H70N2O3Si3.C20H30N6O6.C8H5FN4O2.C6H5FN2O2.CH4/c1-32-29-43(27-20-18-17-19-25-42-33-21-23-34(24-22-33)44-28-26-41-31-44)35(30-45-48(11,12)38(2,3)4)37(47-50(15,16)40(8,9)10)36(32)46-49(13,14)39(5,6)7;1-25-23-33(22-20-18-17-19-21-32)26(24-34-37(11,12)29(2,3)4)28(36-39(15,16)31(8,9)10)27(25)35-38(13,14)30(5,6)7;27-11-17-19(29)20(30)18(28)10-24(17)8-4-2-1-3-7-21-15-6-5-14(9-16(15)26(31)32)25-12-22-23-13-25;9-7-2-1-6(3-8(7)13(14)15)12-4-10-11-5-12;7-5-2-1-4(8)3-6(5)9(10)11;/h21-24,26,28,31-32,35-37,42H,17-20,25,27,29-30H2,1-16H3;25-28H,17-24,32H2,1-16H3;5-6,9,12-13,17-21,27-30H,1-4,7-8,10-11H2;1-5H;1-3H,8H2;1H4/t32-,35+,36+,37+;25-,26+,27+,28+;17-,18+,19-,20-;;;/m001.../s1. The highest BCUT2D eigenvalue weighted by Gasteiger charge is 2.56. The van der Waals surface area contributed by atoms with Crippen LogP contribution in [0.2, 0.25) is 109 Å². The van der Waals surface area contributed by atoms with Crippen LogP contribution >= 0.6 is 0 Å². The molecule has 12 atom stereocenters. The third kappa shape index (κ3) is 38.3. The molecule has 148 heavy (non-hydrogen) atoms. The number of nitrogens with two attached hydrogens (primary N) is 2. The summed E-state index contributed by atoms with van der Waals surface area (Å²) in [6.07, 6.45) is 20.9. The van der Waals surface area contributed by atoms with Crippen molar-refractivity contribution < 1.29 is 70.5 Å². The summed E-state index contributed by atoms with van der Waals surface area (Å²) in [4.78, 5) is 41.4. The first kappa shape index (κ1) is 131. The fourth-order valence-corrected chi connectivity index (χ4v) is 23.6. The van der Waals surface area contributed by atoms with Gasteiger partial charge in [-0.3, -0.25) is 54.2 Å². The first-order chi connectivity index (χ1) is 67.9. The molecule has 0 amide bonds. The summed E-state index contributed by atoms with van der Waals surface area (Å²) in [6, 6.07) is 20.1. The molecular weight excluding hydrogens is 1990 g/mol. The molecule has 7 aromatic rings. The Morgan fingerprint density at radius 3 is 1.13 bits per heavy atom. The van der Waals surface area contributed by atoms with Gasteiger partial charge in [0.25, 0.3) is 5.69 Å². The number of aromatic nitrogens is 8. The summed E-state index contributed by atoms with van der Waals surface area (Å²) in [6.45, 7) is 84.4. The summed E-state index contributed by atoms with van der Waals surface area (Å²) in [7, 11) is -12.1. The SMILES string of the molecule is C.C[C@H]1CN(CCCCCCN)[C@H](CO[Si](C)(C)C(C)(C)C)[C@@H](O[Si](C)(C)C(C)(C)C)[C@@H]1O[Si](C)(C)C(C)(C)C.C[C@H]1CN(CCCCCCNc2ccc(-n3ccnc3)cc2)[C@H](CO[Si](C)(C)C(C)(C)C)[C@@H](O[Si](C)(C)C(C)(C)C)[C@@H]1O[Si](C)(C)C(C)(C)C.Nc1ccc(F)c([N+](=O)[O-])c1.O=[N+]([O-])c1cc(-n2cnnc2)ccc1F.O=[N+]([O-])c1cc(-n2cnnc2)ccc1NCCCCCCN1C[C@H](O)[C@@H](O)[C@H](O)[C@H]1CO. The van der Waals surface area contributed by atoms with E-state index in [0.717, 1.165) is 114 Å². The number of imidazole rings is 1. The van der Waals surface area contributed by atoms with Gasteiger partial charge in [0.05, 0.1) is 101 Å². The molecule has 838 valence electrons. The number of rotatable bonds is 43. The van der Waals surface area contributed by atoms with E-state index in [0.29, 0.717) is 48.6 Å². The predicted molar refractivity (Wildman–Crippen MR) is 609 cm³/mol. The van der Waals surface area contributed by atoms with E-state index in [-0.39, 0.29) is 98.7 Å². The Bertz CT molecular complexity index is 5100. The lowest BCUT2D eigenvalue weighted by Crippen LogP contribution is -2.66. The van der Waals surface area contributed by atoms with E-state index in [1.165, 1.54) is 92.3 Å². The Morgan fingerprint density at radius 1 is 0.419 bits per heavy atom. The minimum absolute atomic E-state index is 0. The molecule has 3 aliphatic heterocycles. The minimum atomic E-state index is -2.11. The zero-order valence-electron chi connectivity index (χ0n) is 94.8. The van der Waals surface area contributed by atoms with Gasteiger partial charge in [-0.05, 0) is 246 Å². The van der Waals surface area contributed by atoms with E-state index in [4.69, 9.17) is 38.0 Å². The number of nitrogens with zero attached hydrogens (tertiary/aromatic N) is 14. The molecule has 0 unspecified atom stereocenters. The molecule has 0 spiro atoms. The third-order valence-corrected chi connectivity index (χ3v) is 58.8. The molecular formula is C106H190F2N18O16Si6. The molecule has 0 aliphatic carbocycles. The molecule has 3 aliphatic rings. The second-order valence-electron chi connectivity index (χ2n) is 49.3. The van der Waals surface area contributed by atoms with Gasteiger partial charge in [0, 0.05) is 80.4 Å². The van der Waals surface area contributed by atoms with Gasteiger partial charge in [-0.1, -0.05) is 184 Å². The number of aliphatic hydroxyl groups excluding tert-OH is 4. The molecule has 42 heteroatoms. The van der Waals surface area contributed by atoms with Crippen molar-refractivity contribution in [2.75, 3.05) is 95.1 Å². The van der Waals surface area contributed by atoms with Crippen molar-refractivity contribution in [2.45, 2.75) is 393 Å². The number of hydrogen-bond acceptors (Lipinski definition) is 28. The van der Waals surface area contributed by atoms with Gasteiger partial charge in [0.2, 0.25) is 11.6 Å². The number of hydrogen-bond donors (Lipinski definition) is 8. The zero-order valence-corrected chi connectivity index (χ0v) is 101. The van der Waals surface area contributed by atoms with Crippen LogP contribution in [0.15, 0.2) is 123 Å². The fraction of sp³-hybridized carbons (Fsp3) is 0.708. The number of nitro groups is 3. The monoisotopic (exact) mass is 2180 g/mol.